The van der Waals surface area contributed by atoms with Crippen LogP contribution in [0.15, 0.2) is 18.2 Å². The first-order valence-corrected chi connectivity index (χ1v) is 8.29. The predicted octanol–water partition coefficient (Wildman–Crippen LogP) is 1.82. The summed E-state index contributed by atoms with van der Waals surface area (Å²) in [6.07, 6.45) is 3.43. The summed E-state index contributed by atoms with van der Waals surface area (Å²) in [6, 6.07) is 5.93. The third kappa shape index (κ3) is 4.68. The minimum atomic E-state index is -3.28. The Morgan fingerprint density at radius 3 is 2.63 bits per heavy atom. The van der Waals surface area contributed by atoms with Crippen LogP contribution in [0.25, 0.3) is 0 Å². The van der Waals surface area contributed by atoms with E-state index in [0.717, 1.165) is 30.3 Å². The van der Waals surface area contributed by atoms with Crippen LogP contribution >= 0.6 is 12.2 Å². The zero-order chi connectivity index (χ0) is 14.0. The summed E-state index contributed by atoms with van der Waals surface area (Å²) < 4.78 is 25.0. The SMILES string of the molecule is Cc1ccc(NC(=S)NC2CC2)cc1NS(C)(=O)=O. The highest BCUT2D eigenvalue weighted by Crippen LogP contribution is 2.22. The topological polar surface area (TPSA) is 70.2 Å². The van der Waals surface area contributed by atoms with Crippen LogP contribution in [-0.2, 0) is 10.0 Å². The van der Waals surface area contributed by atoms with Gasteiger partial charge in [0.25, 0.3) is 0 Å². The van der Waals surface area contributed by atoms with Crippen molar-refractivity contribution in [1.82, 2.24) is 5.32 Å². The quantitative estimate of drug-likeness (QED) is 0.740. The van der Waals surface area contributed by atoms with Gasteiger partial charge in [0.15, 0.2) is 5.11 Å². The van der Waals surface area contributed by atoms with Gasteiger partial charge in [0.1, 0.15) is 0 Å². The zero-order valence-electron chi connectivity index (χ0n) is 10.9. The smallest absolute Gasteiger partial charge is 0.229 e. The predicted molar refractivity (Wildman–Crippen MR) is 82.0 cm³/mol. The van der Waals surface area contributed by atoms with Crippen molar-refractivity contribution in [2.45, 2.75) is 25.8 Å². The van der Waals surface area contributed by atoms with E-state index in [4.69, 9.17) is 12.2 Å². The fraction of sp³-hybridized carbons (Fsp3) is 0.417. The minimum Gasteiger partial charge on any atom is -0.360 e. The van der Waals surface area contributed by atoms with Gasteiger partial charge >= 0.3 is 0 Å². The van der Waals surface area contributed by atoms with E-state index in [1.165, 1.54) is 0 Å². The van der Waals surface area contributed by atoms with Gasteiger partial charge in [0, 0.05) is 11.7 Å². The monoisotopic (exact) mass is 299 g/mol. The summed E-state index contributed by atoms with van der Waals surface area (Å²) in [5.41, 5.74) is 2.17. The highest BCUT2D eigenvalue weighted by atomic mass is 32.2. The summed E-state index contributed by atoms with van der Waals surface area (Å²) in [6.45, 7) is 1.85. The molecule has 0 saturated heterocycles. The van der Waals surface area contributed by atoms with Crippen molar-refractivity contribution in [3.05, 3.63) is 23.8 Å². The molecule has 0 bridgehead atoms. The third-order valence-corrected chi connectivity index (χ3v) is 3.51. The lowest BCUT2D eigenvalue weighted by atomic mass is 10.2. The van der Waals surface area contributed by atoms with Crippen molar-refractivity contribution < 1.29 is 8.42 Å². The first-order valence-electron chi connectivity index (χ1n) is 5.99. The Morgan fingerprint density at radius 1 is 1.37 bits per heavy atom. The van der Waals surface area contributed by atoms with E-state index in [1.54, 1.807) is 6.07 Å². The van der Waals surface area contributed by atoms with Gasteiger partial charge in [0.05, 0.1) is 11.9 Å². The van der Waals surface area contributed by atoms with Gasteiger partial charge in [-0.25, -0.2) is 8.42 Å². The Morgan fingerprint density at radius 2 is 2.05 bits per heavy atom. The van der Waals surface area contributed by atoms with Crippen LogP contribution in [0.3, 0.4) is 0 Å². The van der Waals surface area contributed by atoms with Gasteiger partial charge in [-0.05, 0) is 49.7 Å². The first-order chi connectivity index (χ1) is 8.83. The average Bonchev–Trinajstić information content (AvgIpc) is 3.04. The number of hydrogen-bond donors (Lipinski definition) is 3. The molecule has 0 heterocycles. The van der Waals surface area contributed by atoms with Gasteiger partial charge in [-0.1, -0.05) is 6.07 Å². The summed E-state index contributed by atoms with van der Waals surface area (Å²) in [5, 5.41) is 6.78. The molecule has 1 aromatic rings. The molecule has 0 spiro atoms. The van der Waals surface area contributed by atoms with E-state index in [0.29, 0.717) is 16.8 Å². The first kappa shape index (κ1) is 14.1. The van der Waals surface area contributed by atoms with Crippen LogP contribution < -0.4 is 15.4 Å². The molecule has 0 unspecified atom stereocenters. The standard InChI is InChI=1S/C12H17N3O2S2/c1-8-3-4-10(7-11(8)15-19(2,16)17)14-12(18)13-9-5-6-9/h3-4,7,9,15H,5-6H2,1-2H3,(H2,13,14,18). The zero-order valence-corrected chi connectivity index (χ0v) is 12.5. The molecule has 5 nitrogen and oxygen atoms in total. The molecule has 1 aliphatic carbocycles. The molecule has 1 aromatic carbocycles. The van der Waals surface area contributed by atoms with E-state index in [1.807, 2.05) is 19.1 Å². The fourth-order valence-electron chi connectivity index (χ4n) is 1.59. The second-order valence-corrected chi connectivity index (χ2v) is 6.93. The number of hydrogen-bond acceptors (Lipinski definition) is 3. The normalized spacial score (nSPS) is 14.8. The average molecular weight is 299 g/mol. The Bertz CT molecular complexity index is 595. The van der Waals surface area contributed by atoms with E-state index < -0.39 is 10.0 Å². The summed E-state index contributed by atoms with van der Waals surface area (Å²) in [7, 11) is -3.28. The number of benzene rings is 1. The molecule has 1 fully saturated rings. The minimum absolute atomic E-state index is 0.485. The Kier molecular flexibility index (Phi) is 3.96. The number of aryl methyl sites for hydroxylation is 1. The van der Waals surface area contributed by atoms with Crippen molar-refractivity contribution in [2.75, 3.05) is 16.3 Å². The van der Waals surface area contributed by atoms with Gasteiger partial charge in [-0.15, -0.1) is 0 Å². The molecule has 104 valence electrons. The highest BCUT2D eigenvalue weighted by molar-refractivity contribution is 7.92. The maximum Gasteiger partial charge on any atom is 0.229 e. The molecule has 19 heavy (non-hydrogen) atoms. The summed E-state index contributed by atoms with van der Waals surface area (Å²) in [4.78, 5) is 0. The molecule has 7 heteroatoms. The molecule has 2 rings (SSSR count). The van der Waals surface area contributed by atoms with Crippen molar-refractivity contribution >= 4 is 38.7 Å². The number of rotatable bonds is 4. The van der Waals surface area contributed by atoms with Crippen molar-refractivity contribution in [3.63, 3.8) is 0 Å². The maximum atomic E-state index is 11.3. The van der Waals surface area contributed by atoms with E-state index >= 15 is 0 Å². The number of sulfonamides is 1. The van der Waals surface area contributed by atoms with Crippen LogP contribution in [0.4, 0.5) is 11.4 Å². The lowest BCUT2D eigenvalue weighted by Gasteiger charge is -2.13. The van der Waals surface area contributed by atoms with E-state index in [9.17, 15) is 8.42 Å². The largest absolute Gasteiger partial charge is 0.360 e. The molecule has 0 atom stereocenters. The van der Waals surface area contributed by atoms with Crippen molar-refractivity contribution in [3.8, 4) is 0 Å². The molecule has 1 saturated carbocycles. The van der Waals surface area contributed by atoms with E-state index in [-0.39, 0.29) is 0 Å². The van der Waals surface area contributed by atoms with Crippen LogP contribution in [0.2, 0.25) is 0 Å². The van der Waals surface area contributed by atoms with Crippen LogP contribution in [0, 0.1) is 6.92 Å². The fourth-order valence-corrected chi connectivity index (χ4v) is 2.49. The molecule has 0 aliphatic heterocycles. The van der Waals surface area contributed by atoms with Crippen molar-refractivity contribution in [1.29, 1.82) is 0 Å². The molecule has 0 amide bonds. The number of nitrogens with one attached hydrogen (secondary N) is 3. The lowest BCUT2D eigenvalue weighted by Crippen LogP contribution is -2.30. The van der Waals surface area contributed by atoms with Crippen LogP contribution in [0.5, 0.6) is 0 Å². The summed E-state index contributed by atoms with van der Waals surface area (Å²) in [5.74, 6) is 0. The molecular formula is C12H17N3O2S2. The van der Waals surface area contributed by atoms with Gasteiger partial charge < -0.3 is 10.6 Å². The Labute approximate surface area is 118 Å². The van der Waals surface area contributed by atoms with Crippen LogP contribution in [0.1, 0.15) is 18.4 Å². The highest BCUT2D eigenvalue weighted by Gasteiger charge is 2.21. The number of thiocarbonyl (C=S) groups is 1. The summed E-state index contributed by atoms with van der Waals surface area (Å²) >= 11 is 5.18. The van der Waals surface area contributed by atoms with Crippen molar-refractivity contribution in [2.24, 2.45) is 0 Å². The molecule has 0 radical (unpaired) electrons. The van der Waals surface area contributed by atoms with Gasteiger partial charge in [-0.3, -0.25) is 4.72 Å². The van der Waals surface area contributed by atoms with Gasteiger partial charge in [-0.2, -0.15) is 0 Å². The third-order valence-electron chi connectivity index (χ3n) is 2.70. The maximum absolute atomic E-state index is 11.3. The molecule has 0 aromatic heterocycles. The molecule has 3 N–H and O–H groups in total. The van der Waals surface area contributed by atoms with Gasteiger partial charge in [0.2, 0.25) is 10.0 Å². The second kappa shape index (κ2) is 5.34. The second-order valence-electron chi connectivity index (χ2n) is 4.78. The Balaban J connectivity index is 2.08. The number of anilines is 2. The Hall–Kier alpha value is -1.34. The lowest BCUT2D eigenvalue weighted by molar-refractivity contribution is 0.607. The molecular weight excluding hydrogens is 282 g/mol. The van der Waals surface area contributed by atoms with Crippen LogP contribution in [-0.4, -0.2) is 25.8 Å². The molecule has 1 aliphatic rings. The van der Waals surface area contributed by atoms with E-state index in [2.05, 4.69) is 15.4 Å².